The number of carbonyl (C=O) groups excluding carboxylic acids is 2. The van der Waals surface area contributed by atoms with Gasteiger partial charge in [0.1, 0.15) is 0 Å². The minimum absolute atomic E-state index is 0.221. The van der Waals surface area contributed by atoms with Crippen LogP contribution in [0.3, 0.4) is 0 Å². The normalized spacial score (nSPS) is 13.4. The van der Waals surface area contributed by atoms with Crippen LogP contribution in [0.1, 0.15) is 31.8 Å². The summed E-state index contributed by atoms with van der Waals surface area (Å²) in [6.45, 7) is 0.967. The molecule has 3 aromatic carbocycles. The van der Waals surface area contributed by atoms with Gasteiger partial charge in [-0.2, -0.15) is 0 Å². The number of carbonyl (C=O) groups is 2. The summed E-state index contributed by atoms with van der Waals surface area (Å²) >= 11 is 0. The maximum absolute atomic E-state index is 12.7. The van der Waals surface area contributed by atoms with E-state index in [1.54, 1.807) is 24.3 Å². The fraction of sp³-hybridized carbons (Fsp3) is 0.0833. The molecule has 2 amide bonds. The standard InChI is InChI=1S/C24H18N2O2/c27-23-20-10-4-5-11-21(20)24(28)26(23)16-19-9-2-1-8-18(19)15-25-14-13-17-7-3-6-12-22(17)25/h1-14H,15-16H2. The van der Waals surface area contributed by atoms with Crippen LogP contribution in [0.2, 0.25) is 0 Å². The van der Waals surface area contributed by atoms with Gasteiger partial charge in [0, 0.05) is 18.3 Å². The van der Waals surface area contributed by atoms with Crippen LogP contribution < -0.4 is 0 Å². The molecule has 1 aromatic heterocycles. The number of hydrogen-bond acceptors (Lipinski definition) is 2. The molecule has 0 unspecified atom stereocenters. The largest absolute Gasteiger partial charge is 0.343 e. The molecule has 2 heterocycles. The lowest BCUT2D eigenvalue weighted by Crippen LogP contribution is -2.29. The molecule has 1 aliphatic heterocycles. The van der Waals surface area contributed by atoms with Gasteiger partial charge in [-0.3, -0.25) is 14.5 Å². The summed E-state index contributed by atoms with van der Waals surface area (Å²) in [4.78, 5) is 26.8. The smallest absolute Gasteiger partial charge is 0.261 e. The number of imide groups is 1. The van der Waals surface area contributed by atoms with Gasteiger partial charge in [0.2, 0.25) is 0 Å². The summed E-state index contributed by atoms with van der Waals surface area (Å²) in [6.07, 6.45) is 2.07. The summed E-state index contributed by atoms with van der Waals surface area (Å²) < 4.78 is 2.19. The van der Waals surface area contributed by atoms with Crippen LogP contribution in [0.25, 0.3) is 10.9 Å². The zero-order valence-corrected chi connectivity index (χ0v) is 15.2. The number of hydrogen-bond donors (Lipinski definition) is 0. The third-order valence-corrected chi connectivity index (χ3v) is 5.35. The van der Waals surface area contributed by atoms with Gasteiger partial charge in [-0.15, -0.1) is 0 Å². The number of nitrogens with zero attached hydrogens (tertiary/aromatic N) is 2. The van der Waals surface area contributed by atoms with Crippen molar-refractivity contribution < 1.29 is 9.59 Å². The molecule has 4 heteroatoms. The van der Waals surface area contributed by atoms with Crippen LogP contribution in [0.5, 0.6) is 0 Å². The van der Waals surface area contributed by atoms with E-state index in [2.05, 4.69) is 35.0 Å². The van der Waals surface area contributed by atoms with E-state index in [0.717, 1.165) is 16.6 Å². The van der Waals surface area contributed by atoms with E-state index in [9.17, 15) is 9.59 Å². The van der Waals surface area contributed by atoms with Gasteiger partial charge in [-0.05, 0) is 40.8 Å². The molecular weight excluding hydrogens is 348 g/mol. The molecular formula is C24H18N2O2. The Morgan fingerprint density at radius 1 is 0.607 bits per heavy atom. The molecule has 4 nitrogen and oxygen atoms in total. The molecule has 0 saturated carbocycles. The van der Waals surface area contributed by atoms with Crippen molar-refractivity contribution in [2.45, 2.75) is 13.1 Å². The van der Waals surface area contributed by atoms with Crippen molar-refractivity contribution in [3.05, 3.63) is 107 Å². The Morgan fingerprint density at radius 3 is 1.89 bits per heavy atom. The van der Waals surface area contributed by atoms with Crippen molar-refractivity contribution in [1.29, 1.82) is 0 Å². The highest BCUT2D eigenvalue weighted by Gasteiger charge is 2.35. The Kier molecular flexibility index (Phi) is 3.83. The summed E-state index contributed by atoms with van der Waals surface area (Å²) in [5.41, 5.74) is 4.22. The maximum atomic E-state index is 12.7. The van der Waals surface area contributed by atoms with Crippen LogP contribution in [-0.2, 0) is 13.1 Å². The minimum Gasteiger partial charge on any atom is -0.343 e. The first-order valence-corrected chi connectivity index (χ1v) is 9.28. The SMILES string of the molecule is O=C1c2ccccc2C(=O)N1Cc1ccccc1Cn1ccc2ccccc21. The molecule has 1 aliphatic rings. The molecule has 0 saturated heterocycles. The van der Waals surface area contributed by atoms with E-state index in [1.165, 1.54) is 10.3 Å². The van der Waals surface area contributed by atoms with Crippen LogP contribution in [0.4, 0.5) is 0 Å². The molecule has 5 rings (SSSR count). The molecule has 28 heavy (non-hydrogen) atoms. The summed E-state index contributed by atoms with van der Waals surface area (Å²) in [7, 11) is 0. The number of benzene rings is 3. The first-order valence-electron chi connectivity index (χ1n) is 9.28. The van der Waals surface area contributed by atoms with Crippen LogP contribution in [0.15, 0.2) is 85.1 Å². The molecule has 0 bridgehead atoms. The number of fused-ring (bicyclic) bond motifs is 2. The molecule has 0 radical (unpaired) electrons. The molecule has 136 valence electrons. The predicted octanol–water partition coefficient (Wildman–Crippen LogP) is 4.49. The highest BCUT2D eigenvalue weighted by Crippen LogP contribution is 2.26. The average molecular weight is 366 g/mol. The fourth-order valence-electron chi connectivity index (χ4n) is 3.88. The minimum atomic E-state index is -0.221. The van der Waals surface area contributed by atoms with E-state index in [-0.39, 0.29) is 18.4 Å². The molecule has 0 spiro atoms. The molecule has 0 aliphatic carbocycles. The van der Waals surface area contributed by atoms with Gasteiger partial charge in [0.25, 0.3) is 11.8 Å². The van der Waals surface area contributed by atoms with E-state index in [4.69, 9.17) is 0 Å². The Morgan fingerprint density at radius 2 is 1.18 bits per heavy atom. The summed E-state index contributed by atoms with van der Waals surface area (Å²) in [6, 6.07) is 25.4. The molecule has 4 aromatic rings. The molecule has 0 atom stereocenters. The summed E-state index contributed by atoms with van der Waals surface area (Å²) in [5.74, 6) is -0.441. The van der Waals surface area contributed by atoms with Crippen molar-refractivity contribution in [2.75, 3.05) is 0 Å². The van der Waals surface area contributed by atoms with Crippen LogP contribution in [0, 0.1) is 0 Å². The van der Waals surface area contributed by atoms with Gasteiger partial charge in [-0.1, -0.05) is 54.6 Å². The van der Waals surface area contributed by atoms with E-state index < -0.39 is 0 Å². The number of para-hydroxylation sites is 1. The average Bonchev–Trinajstić information content (AvgIpc) is 3.24. The van der Waals surface area contributed by atoms with Crippen LogP contribution >= 0.6 is 0 Å². The second kappa shape index (κ2) is 6.50. The second-order valence-corrected chi connectivity index (χ2v) is 7.01. The van der Waals surface area contributed by atoms with E-state index in [0.29, 0.717) is 17.7 Å². The molecule has 0 fully saturated rings. The zero-order chi connectivity index (χ0) is 19.1. The Bertz CT molecular complexity index is 1190. The Labute approximate surface area is 162 Å². The number of rotatable bonds is 4. The van der Waals surface area contributed by atoms with Gasteiger partial charge in [0.15, 0.2) is 0 Å². The monoisotopic (exact) mass is 366 g/mol. The van der Waals surface area contributed by atoms with E-state index in [1.807, 2.05) is 30.3 Å². The second-order valence-electron chi connectivity index (χ2n) is 7.01. The van der Waals surface area contributed by atoms with Crippen LogP contribution in [-0.4, -0.2) is 21.3 Å². The number of aromatic nitrogens is 1. The van der Waals surface area contributed by atoms with Gasteiger partial charge < -0.3 is 4.57 Å². The topological polar surface area (TPSA) is 42.3 Å². The maximum Gasteiger partial charge on any atom is 0.261 e. The van der Waals surface area contributed by atoms with Crippen molar-refractivity contribution in [3.63, 3.8) is 0 Å². The number of amides is 2. The van der Waals surface area contributed by atoms with Gasteiger partial charge >= 0.3 is 0 Å². The predicted molar refractivity (Wildman–Crippen MR) is 108 cm³/mol. The first-order chi connectivity index (χ1) is 13.7. The summed E-state index contributed by atoms with van der Waals surface area (Å²) in [5, 5.41) is 1.19. The zero-order valence-electron chi connectivity index (χ0n) is 15.2. The lowest BCUT2D eigenvalue weighted by Gasteiger charge is -2.17. The van der Waals surface area contributed by atoms with Crippen molar-refractivity contribution in [3.8, 4) is 0 Å². The quantitative estimate of drug-likeness (QED) is 0.500. The van der Waals surface area contributed by atoms with Crippen molar-refractivity contribution >= 4 is 22.7 Å². The van der Waals surface area contributed by atoms with E-state index >= 15 is 0 Å². The van der Waals surface area contributed by atoms with Gasteiger partial charge in [0.05, 0.1) is 17.7 Å². The van der Waals surface area contributed by atoms with Gasteiger partial charge in [-0.25, -0.2) is 0 Å². The Hall–Kier alpha value is -3.66. The highest BCUT2D eigenvalue weighted by molar-refractivity contribution is 6.21. The molecule has 0 N–H and O–H groups in total. The van der Waals surface area contributed by atoms with Crippen molar-refractivity contribution in [1.82, 2.24) is 9.47 Å². The lowest BCUT2D eigenvalue weighted by atomic mass is 10.1. The van der Waals surface area contributed by atoms with Crippen molar-refractivity contribution in [2.24, 2.45) is 0 Å². The Balaban J connectivity index is 1.46. The first kappa shape index (κ1) is 16.5. The third kappa shape index (κ3) is 2.62. The third-order valence-electron chi connectivity index (χ3n) is 5.35. The lowest BCUT2D eigenvalue weighted by molar-refractivity contribution is 0.0642. The highest BCUT2D eigenvalue weighted by atomic mass is 16.2. The fourth-order valence-corrected chi connectivity index (χ4v) is 3.88.